The summed E-state index contributed by atoms with van der Waals surface area (Å²) in [7, 11) is 0. The fourth-order valence-electron chi connectivity index (χ4n) is 2.46. The Bertz CT molecular complexity index is 674. The summed E-state index contributed by atoms with van der Waals surface area (Å²) in [5.74, 6) is 0.0831. The molecule has 3 aromatic rings. The summed E-state index contributed by atoms with van der Waals surface area (Å²) in [4.78, 5) is 0. The van der Waals surface area contributed by atoms with Gasteiger partial charge in [-0.25, -0.2) is 0 Å². The third-order valence-electron chi connectivity index (χ3n) is 3.38. The third kappa shape index (κ3) is 2.20. The molecular formula is C16H15N3. The van der Waals surface area contributed by atoms with Crippen molar-refractivity contribution in [1.29, 1.82) is 0 Å². The summed E-state index contributed by atoms with van der Waals surface area (Å²) in [5.41, 5.74) is 8.09. The van der Waals surface area contributed by atoms with E-state index in [1.807, 2.05) is 18.2 Å². The molecule has 3 heteroatoms. The summed E-state index contributed by atoms with van der Waals surface area (Å²) in [6.07, 6.45) is 1.68. The minimum atomic E-state index is 0.0831. The summed E-state index contributed by atoms with van der Waals surface area (Å²) >= 11 is 0. The fourth-order valence-corrected chi connectivity index (χ4v) is 2.46. The van der Waals surface area contributed by atoms with Crippen LogP contribution in [0.3, 0.4) is 0 Å². The average Bonchev–Trinajstić information content (AvgIpc) is 2.49. The SMILES string of the molecule is NCC(c1cccnn1)c1cccc2ccccc12. The Morgan fingerprint density at radius 1 is 0.947 bits per heavy atom. The van der Waals surface area contributed by atoms with Crippen LogP contribution in [0.15, 0.2) is 60.8 Å². The predicted octanol–water partition coefficient (Wildman–Crippen LogP) is 2.72. The van der Waals surface area contributed by atoms with Crippen molar-refractivity contribution >= 4 is 10.8 Å². The van der Waals surface area contributed by atoms with Gasteiger partial charge in [0.1, 0.15) is 0 Å². The van der Waals surface area contributed by atoms with Crippen LogP contribution in [0, 0.1) is 0 Å². The minimum Gasteiger partial charge on any atom is -0.329 e. The third-order valence-corrected chi connectivity index (χ3v) is 3.38. The van der Waals surface area contributed by atoms with Crippen LogP contribution < -0.4 is 5.73 Å². The monoisotopic (exact) mass is 249 g/mol. The molecule has 1 unspecified atom stereocenters. The first-order valence-electron chi connectivity index (χ1n) is 6.35. The van der Waals surface area contributed by atoms with Crippen molar-refractivity contribution in [1.82, 2.24) is 10.2 Å². The molecule has 2 N–H and O–H groups in total. The Labute approximate surface area is 112 Å². The van der Waals surface area contributed by atoms with Gasteiger partial charge in [0.25, 0.3) is 0 Å². The van der Waals surface area contributed by atoms with Crippen LogP contribution >= 0.6 is 0 Å². The van der Waals surface area contributed by atoms with Crippen LogP contribution in [0.25, 0.3) is 10.8 Å². The summed E-state index contributed by atoms with van der Waals surface area (Å²) < 4.78 is 0. The maximum atomic E-state index is 5.96. The first kappa shape index (κ1) is 11.8. The van der Waals surface area contributed by atoms with Crippen molar-refractivity contribution in [3.05, 3.63) is 72.1 Å². The van der Waals surface area contributed by atoms with Gasteiger partial charge in [0.05, 0.1) is 5.69 Å². The molecule has 1 heterocycles. The molecule has 0 amide bonds. The zero-order valence-electron chi connectivity index (χ0n) is 10.5. The highest BCUT2D eigenvalue weighted by Gasteiger charge is 2.16. The molecule has 2 aromatic carbocycles. The van der Waals surface area contributed by atoms with Gasteiger partial charge in [-0.2, -0.15) is 10.2 Å². The Hall–Kier alpha value is -2.26. The highest BCUT2D eigenvalue weighted by molar-refractivity contribution is 5.86. The van der Waals surface area contributed by atoms with E-state index in [0.29, 0.717) is 6.54 Å². The first-order valence-corrected chi connectivity index (χ1v) is 6.35. The van der Waals surface area contributed by atoms with Gasteiger partial charge in [-0.1, -0.05) is 42.5 Å². The van der Waals surface area contributed by atoms with Crippen molar-refractivity contribution < 1.29 is 0 Å². The maximum Gasteiger partial charge on any atom is 0.0718 e. The second-order valence-corrected chi connectivity index (χ2v) is 4.51. The van der Waals surface area contributed by atoms with Crippen molar-refractivity contribution in [3.8, 4) is 0 Å². The summed E-state index contributed by atoms with van der Waals surface area (Å²) in [6.45, 7) is 0.521. The molecule has 19 heavy (non-hydrogen) atoms. The molecule has 0 saturated heterocycles. The van der Waals surface area contributed by atoms with Crippen molar-refractivity contribution in [2.24, 2.45) is 5.73 Å². The molecule has 0 fully saturated rings. The average molecular weight is 249 g/mol. The van der Waals surface area contributed by atoms with E-state index in [1.165, 1.54) is 16.3 Å². The number of rotatable bonds is 3. The number of hydrogen-bond donors (Lipinski definition) is 1. The Balaban J connectivity index is 2.17. The molecule has 94 valence electrons. The van der Waals surface area contributed by atoms with E-state index in [9.17, 15) is 0 Å². The lowest BCUT2D eigenvalue weighted by Crippen LogP contribution is -2.15. The van der Waals surface area contributed by atoms with Gasteiger partial charge in [-0.3, -0.25) is 0 Å². The largest absolute Gasteiger partial charge is 0.329 e. The molecule has 0 saturated carbocycles. The number of fused-ring (bicyclic) bond motifs is 1. The van der Waals surface area contributed by atoms with Crippen molar-refractivity contribution in [3.63, 3.8) is 0 Å². The molecule has 0 spiro atoms. The molecule has 0 radical (unpaired) electrons. The number of nitrogens with two attached hydrogens (primary N) is 1. The number of aromatic nitrogens is 2. The molecule has 1 aromatic heterocycles. The van der Waals surface area contributed by atoms with Crippen molar-refractivity contribution in [2.75, 3.05) is 6.54 Å². The number of nitrogens with zero attached hydrogens (tertiary/aromatic N) is 2. The van der Waals surface area contributed by atoms with Crippen LogP contribution in [-0.2, 0) is 0 Å². The van der Waals surface area contributed by atoms with Crippen LogP contribution in [0.4, 0.5) is 0 Å². The molecule has 3 rings (SSSR count). The highest BCUT2D eigenvalue weighted by Crippen LogP contribution is 2.28. The van der Waals surface area contributed by atoms with E-state index < -0.39 is 0 Å². The molecule has 1 atom stereocenters. The smallest absolute Gasteiger partial charge is 0.0718 e. The number of hydrogen-bond acceptors (Lipinski definition) is 3. The van der Waals surface area contributed by atoms with E-state index in [1.54, 1.807) is 6.20 Å². The predicted molar refractivity (Wildman–Crippen MR) is 76.9 cm³/mol. The lowest BCUT2D eigenvalue weighted by atomic mass is 9.91. The molecular weight excluding hydrogens is 234 g/mol. The van der Waals surface area contributed by atoms with Gasteiger partial charge in [-0.15, -0.1) is 0 Å². The van der Waals surface area contributed by atoms with Crippen LogP contribution in [0.5, 0.6) is 0 Å². The van der Waals surface area contributed by atoms with Crippen LogP contribution in [-0.4, -0.2) is 16.7 Å². The highest BCUT2D eigenvalue weighted by atomic mass is 15.1. The molecule has 0 aliphatic carbocycles. The Kier molecular flexibility index (Phi) is 3.21. The van der Waals surface area contributed by atoms with E-state index >= 15 is 0 Å². The van der Waals surface area contributed by atoms with E-state index in [4.69, 9.17) is 5.73 Å². The van der Waals surface area contributed by atoms with Gasteiger partial charge in [-0.05, 0) is 28.5 Å². The molecule has 0 bridgehead atoms. The fraction of sp³-hybridized carbons (Fsp3) is 0.125. The number of benzene rings is 2. The topological polar surface area (TPSA) is 51.8 Å². The standard InChI is InChI=1S/C16H15N3/c17-11-15(16-9-4-10-18-19-16)14-8-3-6-12-5-1-2-7-13(12)14/h1-10,15H,11,17H2. The lowest BCUT2D eigenvalue weighted by molar-refractivity contribution is 0.765. The molecule has 0 aliphatic rings. The first-order chi connectivity index (χ1) is 9.40. The lowest BCUT2D eigenvalue weighted by Gasteiger charge is -2.16. The molecule has 0 aliphatic heterocycles. The zero-order chi connectivity index (χ0) is 13.1. The van der Waals surface area contributed by atoms with Gasteiger partial charge in [0.15, 0.2) is 0 Å². The zero-order valence-corrected chi connectivity index (χ0v) is 10.5. The van der Waals surface area contributed by atoms with Gasteiger partial charge >= 0.3 is 0 Å². The minimum absolute atomic E-state index is 0.0831. The van der Waals surface area contributed by atoms with Crippen molar-refractivity contribution in [2.45, 2.75) is 5.92 Å². The van der Waals surface area contributed by atoms with Crippen LogP contribution in [0.2, 0.25) is 0 Å². The molecule has 3 nitrogen and oxygen atoms in total. The van der Waals surface area contributed by atoms with Crippen LogP contribution in [0.1, 0.15) is 17.2 Å². The summed E-state index contributed by atoms with van der Waals surface area (Å²) in [6, 6.07) is 18.5. The Morgan fingerprint density at radius 2 is 1.79 bits per heavy atom. The summed E-state index contributed by atoms with van der Waals surface area (Å²) in [5, 5.41) is 10.6. The maximum absolute atomic E-state index is 5.96. The van der Waals surface area contributed by atoms with E-state index in [0.717, 1.165) is 5.69 Å². The van der Waals surface area contributed by atoms with Gasteiger partial charge < -0.3 is 5.73 Å². The second kappa shape index (κ2) is 5.16. The van der Waals surface area contributed by atoms with Gasteiger partial charge in [0.2, 0.25) is 0 Å². The second-order valence-electron chi connectivity index (χ2n) is 4.51. The van der Waals surface area contributed by atoms with Gasteiger partial charge in [0, 0.05) is 18.7 Å². The quantitative estimate of drug-likeness (QED) is 0.776. The normalized spacial score (nSPS) is 12.5. The van der Waals surface area contributed by atoms with E-state index in [-0.39, 0.29) is 5.92 Å². The van der Waals surface area contributed by atoms with E-state index in [2.05, 4.69) is 46.6 Å². The Morgan fingerprint density at radius 3 is 2.58 bits per heavy atom.